The van der Waals surface area contributed by atoms with Crippen molar-refractivity contribution in [3.8, 4) is 5.75 Å². The molecule has 3 rings (SSSR count). The average molecular weight is 415 g/mol. The van der Waals surface area contributed by atoms with Crippen LogP contribution in [-0.2, 0) is 26.1 Å². The second kappa shape index (κ2) is 8.32. The van der Waals surface area contributed by atoms with Crippen molar-refractivity contribution >= 4 is 15.9 Å². The second-order valence-corrected chi connectivity index (χ2v) is 9.33. The lowest BCUT2D eigenvalue weighted by Gasteiger charge is -2.26. The Morgan fingerprint density at radius 1 is 1.46 bits per heavy atom. The number of ether oxygens (including phenoxy) is 2. The standard InChI is InChI=1S/C18H26FN3O5S/c1-20-28(24,25)6-5-21-17(23)18-11-22(9-14(18)10-27-12-18)8-13-3-4-16(26-2)15(19)7-13/h3-4,7,14,20H,5-6,8-12H2,1-2H3,(H,21,23)/t14-,18-/m1/s1. The molecule has 156 valence electrons. The maximum Gasteiger partial charge on any atom is 0.230 e. The van der Waals surface area contributed by atoms with Gasteiger partial charge in [-0.15, -0.1) is 0 Å². The van der Waals surface area contributed by atoms with E-state index in [1.54, 1.807) is 6.07 Å². The Hall–Kier alpha value is -1.75. The average Bonchev–Trinajstić information content (AvgIpc) is 3.19. The van der Waals surface area contributed by atoms with E-state index in [1.807, 2.05) is 6.07 Å². The molecule has 2 saturated heterocycles. The molecule has 2 fully saturated rings. The Balaban J connectivity index is 1.63. The van der Waals surface area contributed by atoms with Gasteiger partial charge in [0.15, 0.2) is 11.6 Å². The number of fused-ring (bicyclic) bond motifs is 1. The van der Waals surface area contributed by atoms with Crippen LogP contribution in [0.3, 0.4) is 0 Å². The van der Waals surface area contributed by atoms with E-state index in [2.05, 4.69) is 14.9 Å². The Labute approximate surface area is 164 Å². The van der Waals surface area contributed by atoms with Crippen molar-refractivity contribution in [2.45, 2.75) is 6.54 Å². The fourth-order valence-corrected chi connectivity index (χ4v) is 4.50. The zero-order valence-electron chi connectivity index (χ0n) is 16.0. The zero-order valence-corrected chi connectivity index (χ0v) is 16.9. The smallest absolute Gasteiger partial charge is 0.230 e. The highest BCUT2D eigenvalue weighted by Crippen LogP contribution is 2.42. The van der Waals surface area contributed by atoms with Crippen LogP contribution in [0.15, 0.2) is 18.2 Å². The van der Waals surface area contributed by atoms with Gasteiger partial charge in [0.25, 0.3) is 0 Å². The van der Waals surface area contributed by atoms with Crippen LogP contribution in [0.5, 0.6) is 5.75 Å². The van der Waals surface area contributed by atoms with Crippen LogP contribution in [0.25, 0.3) is 0 Å². The number of sulfonamides is 1. The van der Waals surface area contributed by atoms with Gasteiger partial charge in [0.05, 0.1) is 31.5 Å². The van der Waals surface area contributed by atoms with E-state index in [4.69, 9.17) is 9.47 Å². The summed E-state index contributed by atoms with van der Waals surface area (Å²) in [5.74, 6) is -0.559. The first-order valence-electron chi connectivity index (χ1n) is 9.12. The van der Waals surface area contributed by atoms with E-state index >= 15 is 0 Å². The van der Waals surface area contributed by atoms with Gasteiger partial charge in [-0.2, -0.15) is 0 Å². The van der Waals surface area contributed by atoms with Crippen molar-refractivity contribution in [3.05, 3.63) is 29.6 Å². The zero-order chi connectivity index (χ0) is 20.4. The molecule has 0 spiro atoms. The molecule has 0 bridgehead atoms. The van der Waals surface area contributed by atoms with Crippen LogP contribution in [0.1, 0.15) is 5.56 Å². The number of hydrogen-bond donors (Lipinski definition) is 2. The van der Waals surface area contributed by atoms with Crippen LogP contribution < -0.4 is 14.8 Å². The Kier molecular flexibility index (Phi) is 6.23. The quantitative estimate of drug-likeness (QED) is 0.618. The van der Waals surface area contributed by atoms with Gasteiger partial charge in [-0.3, -0.25) is 9.69 Å². The molecule has 1 aromatic rings. The number of benzene rings is 1. The maximum atomic E-state index is 13.9. The highest BCUT2D eigenvalue weighted by atomic mass is 32.2. The molecule has 2 heterocycles. The van der Waals surface area contributed by atoms with E-state index in [-0.39, 0.29) is 29.9 Å². The fourth-order valence-electron chi connectivity index (χ4n) is 3.92. The number of nitrogens with zero attached hydrogens (tertiary/aromatic N) is 1. The van der Waals surface area contributed by atoms with Gasteiger partial charge in [-0.05, 0) is 24.7 Å². The number of likely N-dealkylation sites (tertiary alicyclic amines) is 1. The van der Waals surface area contributed by atoms with Crippen LogP contribution in [0, 0.1) is 17.2 Å². The summed E-state index contributed by atoms with van der Waals surface area (Å²) in [4.78, 5) is 15.0. The highest BCUT2D eigenvalue weighted by molar-refractivity contribution is 7.89. The first-order chi connectivity index (χ1) is 13.3. The third kappa shape index (κ3) is 4.29. The molecule has 0 saturated carbocycles. The Bertz CT molecular complexity index is 835. The second-order valence-electron chi connectivity index (χ2n) is 7.29. The van der Waals surface area contributed by atoms with Crippen molar-refractivity contribution in [3.63, 3.8) is 0 Å². The normalized spacial score (nSPS) is 24.9. The number of rotatable bonds is 8. The van der Waals surface area contributed by atoms with Gasteiger partial charge >= 0.3 is 0 Å². The highest BCUT2D eigenvalue weighted by Gasteiger charge is 2.55. The predicted octanol–water partition coefficient (Wildman–Crippen LogP) is -0.0519. The predicted molar refractivity (Wildman–Crippen MR) is 101 cm³/mol. The van der Waals surface area contributed by atoms with Gasteiger partial charge < -0.3 is 14.8 Å². The third-order valence-electron chi connectivity index (χ3n) is 5.49. The summed E-state index contributed by atoms with van der Waals surface area (Å²) in [6.45, 7) is 2.48. The van der Waals surface area contributed by atoms with E-state index in [1.165, 1.54) is 20.2 Å². The Morgan fingerprint density at radius 3 is 2.93 bits per heavy atom. The summed E-state index contributed by atoms with van der Waals surface area (Å²) in [5.41, 5.74) is 0.101. The number of amides is 1. The summed E-state index contributed by atoms with van der Waals surface area (Å²) in [6, 6.07) is 4.84. The molecule has 0 radical (unpaired) electrons. The van der Waals surface area contributed by atoms with Crippen molar-refractivity contribution in [1.82, 2.24) is 14.9 Å². The van der Waals surface area contributed by atoms with Crippen LogP contribution in [0.4, 0.5) is 4.39 Å². The van der Waals surface area contributed by atoms with Crippen molar-refractivity contribution in [2.75, 3.05) is 52.8 Å². The van der Waals surface area contributed by atoms with Crippen molar-refractivity contribution in [1.29, 1.82) is 0 Å². The lowest BCUT2D eigenvalue weighted by Crippen LogP contribution is -2.48. The number of hydrogen-bond acceptors (Lipinski definition) is 6. The van der Waals surface area contributed by atoms with Crippen molar-refractivity contribution < 1.29 is 27.1 Å². The van der Waals surface area contributed by atoms with Gasteiger partial charge in [-0.25, -0.2) is 17.5 Å². The fraction of sp³-hybridized carbons (Fsp3) is 0.611. The number of carbonyl (C=O) groups is 1. The minimum Gasteiger partial charge on any atom is -0.494 e. The van der Waals surface area contributed by atoms with Crippen LogP contribution >= 0.6 is 0 Å². The van der Waals surface area contributed by atoms with Crippen LogP contribution in [0.2, 0.25) is 0 Å². The number of methoxy groups -OCH3 is 1. The molecule has 2 N–H and O–H groups in total. The summed E-state index contributed by atoms with van der Waals surface area (Å²) >= 11 is 0. The largest absolute Gasteiger partial charge is 0.494 e. The SMILES string of the molecule is CNS(=O)(=O)CCNC(=O)[C@]12COC[C@H]1CN(Cc1ccc(OC)c(F)c1)C2. The molecule has 1 aromatic carbocycles. The molecule has 8 nitrogen and oxygen atoms in total. The summed E-state index contributed by atoms with van der Waals surface area (Å²) in [5, 5.41) is 2.74. The van der Waals surface area contributed by atoms with E-state index in [9.17, 15) is 17.6 Å². The summed E-state index contributed by atoms with van der Waals surface area (Å²) < 4.78 is 49.7. The molecule has 10 heteroatoms. The van der Waals surface area contributed by atoms with Gasteiger partial charge in [0.2, 0.25) is 15.9 Å². The molecule has 2 aliphatic heterocycles. The Morgan fingerprint density at radius 2 is 2.25 bits per heavy atom. The molecule has 1 amide bonds. The monoisotopic (exact) mass is 415 g/mol. The van der Waals surface area contributed by atoms with Gasteiger partial charge in [0, 0.05) is 32.1 Å². The molecule has 2 aliphatic rings. The lowest BCUT2D eigenvalue weighted by atomic mass is 9.80. The number of nitrogens with one attached hydrogen (secondary N) is 2. The molecule has 28 heavy (non-hydrogen) atoms. The molecular weight excluding hydrogens is 389 g/mol. The number of carbonyl (C=O) groups excluding carboxylic acids is 1. The maximum absolute atomic E-state index is 13.9. The first kappa shape index (κ1) is 21.0. The van der Waals surface area contributed by atoms with Gasteiger partial charge in [-0.1, -0.05) is 6.07 Å². The van der Waals surface area contributed by atoms with E-state index in [0.29, 0.717) is 32.8 Å². The summed E-state index contributed by atoms with van der Waals surface area (Å²) in [7, 11) is -0.615. The molecule has 0 unspecified atom stereocenters. The van der Waals surface area contributed by atoms with E-state index < -0.39 is 21.3 Å². The minimum absolute atomic E-state index is 0.0245. The molecule has 0 aliphatic carbocycles. The third-order valence-corrected chi connectivity index (χ3v) is 6.85. The van der Waals surface area contributed by atoms with Gasteiger partial charge in [0.1, 0.15) is 0 Å². The van der Waals surface area contributed by atoms with E-state index in [0.717, 1.165) is 5.56 Å². The summed E-state index contributed by atoms with van der Waals surface area (Å²) in [6.07, 6.45) is 0. The lowest BCUT2D eigenvalue weighted by molar-refractivity contribution is -0.131. The first-order valence-corrected chi connectivity index (χ1v) is 10.8. The molecule has 2 atom stereocenters. The minimum atomic E-state index is -3.38. The molecular formula is C18H26FN3O5S. The van der Waals surface area contributed by atoms with Crippen LogP contribution in [-0.4, -0.2) is 72.0 Å². The van der Waals surface area contributed by atoms with Crippen molar-refractivity contribution in [2.24, 2.45) is 11.3 Å². The molecule has 0 aromatic heterocycles. The number of halogens is 1. The topological polar surface area (TPSA) is 97.0 Å².